The van der Waals surface area contributed by atoms with Crippen LogP contribution in [0.15, 0.2) is 24.3 Å². The van der Waals surface area contributed by atoms with Gasteiger partial charge < -0.3 is 10.8 Å². The van der Waals surface area contributed by atoms with E-state index >= 15 is 0 Å². The molecule has 82 valence electrons. The highest BCUT2D eigenvalue weighted by Crippen LogP contribution is 2.39. The van der Waals surface area contributed by atoms with Crippen molar-refractivity contribution in [3.05, 3.63) is 34.9 Å². The third-order valence-electron chi connectivity index (χ3n) is 3.23. The van der Waals surface area contributed by atoms with Crippen molar-refractivity contribution in [3.63, 3.8) is 0 Å². The number of rotatable bonds is 1. The third kappa shape index (κ3) is 2.17. The summed E-state index contributed by atoms with van der Waals surface area (Å²) in [6.45, 7) is 0. The van der Waals surface area contributed by atoms with E-state index in [1.807, 2.05) is 24.3 Å². The average molecular weight is 226 g/mol. The van der Waals surface area contributed by atoms with E-state index in [1.165, 1.54) is 0 Å². The van der Waals surface area contributed by atoms with Crippen molar-refractivity contribution in [1.29, 1.82) is 0 Å². The summed E-state index contributed by atoms with van der Waals surface area (Å²) in [5.74, 6) is 0. The van der Waals surface area contributed by atoms with E-state index in [2.05, 4.69) is 0 Å². The Morgan fingerprint density at radius 3 is 2.47 bits per heavy atom. The first kappa shape index (κ1) is 10.9. The zero-order valence-corrected chi connectivity index (χ0v) is 9.37. The Balaban J connectivity index is 2.26. The second-order valence-electron chi connectivity index (χ2n) is 4.35. The Morgan fingerprint density at radius 2 is 1.87 bits per heavy atom. The smallest absolute Gasteiger partial charge is 0.0912 e. The maximum absolute atomic E-state index is 10.5. The fraction of sp³-hybridized carbons (Fsp3) is 0.500. The van der Waals surface area contributed by atoms with Crippen LogP contribution in [0.25, 0.3) is 0 Å². The summed E-state index contributed by atoms with van der Waals surface area (Å²) < 4.78 is 0. The van der Waals surface area contributed by atoms with E-state index in [1.54, 1.807) is 0 Å². The first-order valence-electron chi connectivity index (χ1n) is 5.35. The van der Waals surface area contributed by atoms with Gasteiger partial charge in [0, 0.05) is 16.6 Å². The minimum absolute atomic E-state index is 0.229. The summed E-state index contributed by atoms with van der Waals surface area (Å²) in [7, 11) is 0. The van der Waals surface area contributed by atoms with Crippen LogP contribution in [0.5, 0.6) is 0 Å². The second-order valence-corrected chi connectivity index (χ2v) is 4.76. The molecule has 0 heterocycles. The molecule has 0 spiro atoms. The molecule has 1 aromatic rings. The van der Waals surface area contributed by atoms with Gasteiger partial charge in [0.15, 0.2) is 0 Å². The van der Waals surface area contributed by atoms with E-state index in [0.717, 1.165) is 18.4 Å². The van der Waals surface area contributed by atoms with Crippen molar-refractivity contribution >= 4 is 11.6 Å². The molecule has 1 aliphatic carbocycles. The minimum atomic E-state index is -0.770. The van der Waals surface area contributed by atoms with E-state index in [-0.39, 0.29) is 6.04 Å². The van der Waals surface area contributed by atoms with Crippen LogP contribution in [-0.4, -0.2) is 11.1 Å². The summed E-state index contributed by atoms with van der Waals surface area (Å²) in [5, 5.41) is 11.1. The van der Waals surface area contributed by atoms with Crippen molar-refractivity contribution in [2.45, 2.75) is 37.3 Å². The van der Waals surface area contributed by atoms with Gasteiger partial charge in [0.25, 0.3) is 0 Å². The molecule has 15 heavy (non-hydrogen) atoms. The van der Waals surface area contributed by atoms with Gasteiger partial charge in [-0.15, -0.1) is 0 Å². The largest absolute Gasteiger partial charge is 0.385 e. The van der Waals surface area contributed by atoms with Gasteiger partial charge in [-0.05, 0) is 31.7 Å². The highest BCUT2D eigenvalue weighted by Gasteiger charge is 2.34. The molecule has 3 heteroatoms. The number of benzene rings is 1. The molecular formula is C12H16ClNO. The van der Waals surface area contributed by atoms with Gasteiger partial charge >= 0.3 is 0 Å². The molecular weight excluding hydrogens is 210 g/mol. The molecule has 1 fully saturated rings. The monoisotopic (exact) mass is 225 g/mol. The van der Waals surface area contributed by atoms with Crippen molar-refractivity contribution in [3.8, 4) is 0 Å². The Hall–Kier alpha value is -0.570. The lowest BCUT2D eigenvalue weighted by Gasteiger charge is -2.35. The standard InChI is InChI=1S/C12H16ClNO/c13-11-4-2-1-3-10(11)12(15)7-5-9(14)6-8-12/h1-4,9,15H,5-8,14H2. The molecule has 2 nitrogen and oxygen atoms in total. The lowest BCUT2D eigenvalue weighted by molar-refractivity contribution is -0.00486. The van der Waals surface area contributed by atoms with Crippen LogP contribution in [-0.2, 0) is 5.60 Å². The summed E-state index contributed by atoms with van der Waals surface area (Å²) in [6, 6.07) is 7.74. The summed E-state index contributed by atoms with van der Waals surface area (Å²) in [5.41, 5.74) is 5.90. The van der Waals surface area contributed by atoms with Gasteiger partial charge in [-0.2, -0.15) is 0 Å². The lowest BCUT2D eigenvalue weighted by Crippen LogP contribution is -2.36. The van der Waals surface area contributed by atoms with Gasteiger partial charge in [-0.1, -0.05) is 29.8 Å². The third-order valence-corrected chi connectivity index (χ3v) is 3.56. The molecule has 0 atom stereocenters. The summed E-state index contributed by atoms with van der Waals surface area (Å²) in [6.07, 6.45) is 3.14. The molecule has 2 rings (SSSR count). The maximum Gasteiger partial charge on any atom is 0.0912 e. The molecule has 0 bridgehead atoms. The first-order valence-corrected chi connectivity index (χ1v) is 5.72. The average Bonchev–Trinajstić information content (AvgIpc) is 2.23. The number of aliphatic hydroxyl groups is 1. The Bertz CT molecular complexity index is 345. The van der Waals surface area contributed by atoms with Crippen molar-refractivity contribution in [2.75, 3.05) is 0 Å². The molecule has 0 amide bonds. The van der Waals surface area contributed by atoms with Gasteiger partial charge in [0.05, 0.1) is 5.60 Å². The lowest BCUT2D eigenvalue weighted by atomic mass is 9.78. The van der Waals surface area contributed by atoms with Gasteiger partial charge in [0.2, 0.25) is 0 Å². The molecule has 0 aromatic heterocycles. The molecule has 0 aliphatic heterocycles. The minimum Gasteiger partial charge on any atom is -0.385 e. The molecule has 0 unspecified atom stereocenters. The van der Waals surface area contributed by atoms with Crippen LogP contribution in [0.4, 0.5) is 0 Å². The zero-order valence-electron chi connectivity index (χ0n) is 8.62. The normalized spacial score (nSPS) is 31.5. The Labute approximate surface area is 95.1 Å². The van der Waals surface area contributed by atoms with Crippen LogP contribution in [0.2, 0.25) is 5.02 Å². The van der Waals surface area contributed by atoms with Crippen molar-refractivity contribution in [1.82, 2.24) is 0 Å². The number of halogens is 1. The SMILES string of the molecule is NC1CCC(O)(c2ccccc2Cl)CC1. The Kier molecular flexibility index (Phi) is 3.01. The summed E-state index contributed by atoms with van der Waals surface area (Å²) in [4.78, 5) is 0. The van der Waals surface area contributed by atoms with E-state index in [4.69, 9.17) is 17.3 Å². The Morgan fingerprint density at radius 1 is 1.27 bits per heavy atom. The van der Waals surface area contributed by atoms with Crippen LogP contribution in [0.3, 0.4) is 0 Å². The van der Waals surface area contributed by atoms with Crippen LogP contribution >= 0.6 is 11.6 Å². The molecule has 1 saturated carbocycles. The van der Waals surface area contributed by atoms with Crippen molar-refractivity contribution in [2.24, 2.45) is 5.73 Å². The fourth-order valence-electron chi connectivity index (χ4n) is 2.23. The number of nitrogens with two attached hydrogens (primary N) is 1. The topological polar surface area (TPSA) is 46.2 Å². The second kappa shape index (κ2) is 4.12. The van der Waals surface area contributed by atoms with E-state index < -0.39 is 5.60 Å². The van der Waals surface area contributed by atoms with Gasteiger partial charge in [-0.3, -0.25) is 0 Å². The number of hydrogen-bond donors (Lipinski definition) is 2. The highest BCUT2D eigenvalue weighted by atomic mass is 35.5. The predicted octanol–water partition coefficient (Wildman–Crippen LogP) is 2.43. The molecule has 3 N–H and O–H groups in total. The van der Waals surface area contributed by atoms with Gasteiger partial charge in [0.1, 0.15) is 0 Å². The summed E-state index contributed by atoms with van der Waals surface area (Å²) >= 11 is 6.09. The van der Waals surface area contributed by atoms with Crippen LogP contribution in [0.1, 0.15) is 31.2 Å². The van der Waals surface area contributed by atoms with Crippen molar-refractivity contribution < 1.29 is 5.11 Å². The maximum atomic E-state index is 10.5. The highest BCUT2D eigenvalue weighted by molar-refractivity contribution is 6.31. The molecule has 0 radical (unpaired) electrons. The van der Waals surface area contributed by atoms with Crippen LogP contribution in [0, 0.1) is 0 Å². The van der Waals surface area contributed by atoms with E-state index in [0.29, 0.717) is 17.9 Å². The zero-order chi connectivity index (χ0) is 10.9. The fourth-order valence-corrected chi connectivity index (χ4v) is 2.54. The van der Waals surface area contributed by atoms with E-state index in [9.17, 15) is 5.11 Å². The predicted molar refractivity (Wildman–Crippen MR) is 61.8 cm³/mol. The quantitative estimate of drug-likeness (QED) is 0.771. The number of hydrogen-bond acceptors (Lipinski definition) is 2. The van der Waals surface area contributed by atoms with Gasteiger partial charge in [-0.25, -0.2) is 0 Å². The molecule has 0 saturated heterocycles. The molecule has 1 aromatic carbocycles. The molecule has 1 aliphatic rings. The first-order chi connectivity index (χ1) is 7.12. The van der Waals surface area contributed by atoms with Crippen LogP contribution < -0.4 is 5.73 Å².